The summed E-state index contributed by atoms with van der Waals surface area (Å²) in [6.07, 6.45) is 3.10. The maximum Gasteiger partial charge on any atom is 0.210 e. The van der Waals surface area contributed by atoms with Gasteiger partial charge in [0.1, 0.15) is 0 Å². The summed E-state index contributed by atoms with van der Waals surface area (Å²) in [6, 6.07) is 16.6. The summed E-state index contributed by atoms with van der Waals surface area (Å²) in [5.41, 5.74) is 2.08. The van der Waals surface area contributed by atoms with Crippen LogP contribution in [0.5, 0.6) is 0 Å². The van der Waals surface area contributed by atoms with E-state index in [1.165, 1.54) is 0 Å². The summed E-state index contributed by atoms with van der Waals surface area (Å²) in [6.45, 7) is 0. The number of ketones is 4. The number of rotatable bonds is 5. The van der Waals surface area contributed by atoms with E-state index in [1.54, 1.807) is 87.2 Å². The maximum absolute atomic E-state index is 13.9. The first kappa shape index (κ1) is 22.2. The molecule has 1 aromatic heterocycles. The van der Waals surface area contributed by atoms with Gasteiger partial charge in [0, 0.05) is 65.8 Å². The van der Waals surface area contributed by atoms with Crippen LogP contribution in [0, 0.1) is 0 Å². The first-order valence-corrected chi connectivity index (χ1v) is 11.1. The van der Waals surface area contributed by atoms with Crippen LogP contribution in [0.1, 0.15) is 52.9 Å². The van der Waals surface area contributed by atoms with Crippen LogP contribution < -0.4 is 10.6 Å². The van der Waals surface area contributed by atoms with Crippen molar-refractivity contribution in [3.63, 3.8) is 0 Å². The van der Waals surface area contributed by atoms with Crippen LogP contribution >= 0.6 is 0 Å². The number of fused-ring (bicyclic) bond motifs is 2. The first-order valence-electron chi connectivity index (χ1n) is 11.1. The van der Waals surface area contributed by atoms with Gasteiger partial charge in [0.25, 0.3) is 0 Å². The zero-order chi connectivity index (χ0) is 24.7. The zero-order valence-corrected chi connectivity index (χ0v) is 19.1. The number of Topliss-reactive ketones (excluding diaryl/α,β-unsaturated/α-hetero) is 4. The molecule has 0 spiro atoms. The fraction of sp³-hybridized carbons (Fsp3) is 0.107. The van der Waals surface area contributed by atoms with Gasteiger partial charge in [-0.05, 0) is 17.7 Å². The second kappa shape index (κ2) is 8.61. The molecular weight excluding hydrogens is 442 g/mol. The second-order valence-electron chi connectivity index (χ2n) is 8.20. The molecule has 0 unspecified atom stereocenters. The average molecular weight is 463 g/mol. The lowest BCUT2D eigenvalue weighted by Gasteiger charge is -2.31. The SMILES string of the molecule is CNC1=C(C(C2=C(NC)C(=O)c3ccccc3C2=O)c2ccncc2)C(=O)c2ccccc2C1=O. The van der Waals surface area contributed by atoms with Gasteiger partial charge in [0.05, 0.1) is 11.4 Å². The largest absolute Gasteiger partial charge is 0.385 e. The van der Waals surface area contributed by atoms with Gasteiger partial charge in [0.2, 0.25) is 11.6 Å². The van der Waals surface area contributed by atoms with Crippen LogP contribution in [0.4, 0.5) is 0 Å². The highest BCUT2D eigenvalue weighted by atomic mass is 16.1. The minimum atomic E-state index is -0.988. The number of benzene rings is 2. The fourth-order valence-electron chi connectivity index (χ4n) is 4.87. The molecule has 0 aliphatic heterocycles. The fourth-order valence-corrected chi connectivity index (χ4v) is 4.87. The van der Waals surface area contributed by atoms with Crippen molar-refractivity contribution in [3.05, 3.63) is 123 Å². The van der Waals surface area contributed by atoms with Crippen molar-refractivity contribution in [3.8, 4) is 0 Å². The van der Waals surface area contributed by atoms with Gasteiger partial charge in [-0.25, -0.2) is 0 Å². The minimum Gasteiger partial charge on any atom is -0.385 e. The molecule has 0 bridgehead atoms. The van der Waals surface area contributed by atoms with Gasteiger partial charge in [-0.2, -0.15) is 0 Å². The molecule has 35 heavy (non-hydrogen) atoms. The van der Waals surface area contributed by atoms with Gasteiger partial charge in [-0.3, -0.25) is 24.2 Å². The lowest BCUT2D eigenvalue weighted by molar-refractivity contribution is 0.0951. The lowest BCUT2D eigenvalue weighted by atomic mass is 9.71. The molecular formula is C28H21N3O4. The number of allylic oxidation sites excluding steroid dienone is 4. The Morgan fingerprint density at radius 1 is 0.571 bits per heavy atom. The van der Waals surface area contributed by atoms with E-state index in [-0.39, 0.29) is 56.8 Å². The highest BCUT2D eigenvalue weighted by Gasteiger charge is 2.43. The molecule has 0 atom stereocenters. The second-order valence-corrected chi connectivity index (χ2v) is 8.20. The Hall–Kier alpha value is -4.65. The predicted octanol–water partition coefficient (Wildman–Crippen LogP) is 3.27. The summed E-state index contributed by atoms with van der Waals surface area (Å²) in [7, 11) is 3.13. The number of pyridine rings is 1. The normalized spacial score (nSPS) is 15.4. The summed E-state index contributed by atoms with van der Waals surface area (Å²) in [5.74, 6) is -2.45. The molecule has 172 valence electrons. The molecule has 0 radical (unpaired) electrons. The number of carbonyl (C=O) groups is 4. The van der Waals surface area contributed by atoms with Crippen LogP contribution in [0.2, 0.25) is 0 Å². The van der Waals surface area contributed by atoms with Gasteiger partial charge < -0.3 is 10.6 Å². The van der Waals surface area contributed by atoms with Crippen molar-refractivity contribution in [2.24, 2.45) is 0 Å². The number of hydrogen-bond donors (Lipinski definition) is 2. The summed E-state index contributed by atoms with van der Waals surface area (Å²) >= 11 is 0. The maximum atomic E-state index is 13.9. The van der Waals surface area contributed by atoms with Crippen LogP contribution in [0.15, 0.2) is 95.6 Å². The Bertz CT molecular complexity index is 1390. The van der Waals surface area contributed by atoms with Crippen LogP contribution in [-0.4, -0.2) is 42.2 Å². The zero-order valence-electron chi connectivity index (χ0n) is 19.1. The number of likely N-dealkylation sites (N-methyl/N-ethyl adjacent to an activating group) is 2. The summed E-state index contributed by atoms with van der Waals surface area (Å²) < 4.78 is 0. The van der Waals surface area contributed by atoms with Crippen molar-refractivity contribution < 1.29 is 19.2 Å². The van der Waals surface area contributed by atoms with E-state index in [4.69, 9.17) is 0 Å². The summed E-state index contributed by atoms with van der Waals surface area (Å²) in [5, 5.41) is 5.79. The average Bonchev–Trinajstić information content (AvgIpc) is 2.90. The number of nitrogens with one attached hydrogen (secondary N) is 2. The van der Waals surface area contributed by atoms with E-state index in [2.05, 4.69) is 15.6 Å². The van der Waals surface area contributed by atoms with Crippen molar-refractivity contribution in [1.82, 2.24) is 15.6 Å². The number of nitrogens with zero attached hydrogens (tertiary/aromatic N) is 1. The molecule has 5 rings (SSSR count). The third-order valence-electron chi connectivity index (χ3n) is 6.43. The topological polar surface area (TPSA) is 105 Å². The van der Waals surface area contributed by atoms with Gasteiger partial charge in [0.15, 0.2) is 11.6 Å². The number of aromatic nitrogens is 1. The van der Waals surface area contributed by atoms with E-state index in [0.717, 1.165) is 0 Å². The van der Waals surface area contributed by atoms with Crippen molar-refractivity contribution in [1.29, 1.82) is 0 Å². The third-order valence-corrected chi connectivity index (χ3v) is 6.43. The van der Waals surface area contributed by atoms with E-state index < -0.39 is 5.92 Å². The van der Waals surface area contributed by atoms with Crippen LogP contribution in [0.3, 0.4) is 0 Å². The molecule has 0 amide bonds. The molecule has 7 heteroatoms. The molecule has 3 aromatic rings. The van der Waals surface area contributed by atoms with Crippen molar-refractivity contribution in [2.75, 3.05) is 14.1 Å². The van der Waals surface area contributed by atoms with E-state index in [0.29, 0.717) is 16.7 Å². The predicted molar refractivity (Wildman–Crippen MR) is 129 cm³/mol. The van der Waals surface area contributed by atoms with Crippen LogP contribution in [0.25, 0.3) is 0 Å². The van der Waals surface area contributed by atoms with E-state index >= 15 is 0 Å². The molecule has 2 N–H and O–H groups in total. The number of hydrogen-bond acceptors (Lipinski definition) is 7. The molecule has 2 aliphatic rings. The smallest absolute Gasteiger partial charge is 0.210 e. The molecule has 2 aliphatic carbocycles. The Kier molecular flexibility index (Phi) is 5.45. The van der Waals surface area contributed by atoms with Crippen molar-refractivity contribution >= 4 is 23.1 Å². The Labute approximate surface area is 201 Å². The lowest BCUT2D eigenvalue weighted by Crippen LogP contribution is -2.36. The van der Waals surface area contributed by atoms with Gasteiger partial charge in [-0.1, -0.05) is 48.5 Å². The molecule has 7 nitrogen and oxygen atoms in total. The minimum absolute atomic E-state index is 0.0950. The summed E-state index contributed by atoms with van der Waals surface area (Å²) in [4.78, 5) is 58.8. The van der Waals surface area contributed by atoms with E-state index in [9.17, 15) is 19.2 Å². The molecule has 0 saturated heterocycles. The first-order chi connectivity index (χ1) is 17.0. The Morgan fingerprint density at radius 2 is 0.943 bits per heavy atom. The molecule has 0 fully saturated rings. The van der Waals surface area contributed by atoms with Crippen molar-refractivity contribution in [2.45, 2.75) is 5.92 Å². The Balaban J connectivity index is 1.84. The van der Waals surface area contributed by atoms with Gasteiger partial charge in [-0.15, -0.1) is 0 Å². The highest BCUT2D eigenvalue weighted by molar-refractivity contribution is 6.31. The monoisotopic (exact) mass is 463 g/mol. The standard InChI is InChI=1S/C28H21N3O4/c1-29-23-21(25(32)16-7-3-5-9-18(16)27(23)34)20(15-11-13-31-14-12-15)22-24(30-2)28(35)19-10-6-4-8-17(19)26(22)33/h3-14,20,29-30H,1-2H3. The molecule has 0 saturated carbocycles. The van der Waals surface area contributed by atoms with E-state index in [1.807, 2.05) is 0 Å². The highest BCUT2D eigenvalue weighted by Crippen LogP contribution is 2.43. The van der Waals surface area contributed by atoms with Crippen LogP contribution in [-0.2, 0) is 0 Å². The Morgan fingerprint density at radius 3 is 1.31 bits per heavy atom. The third kappa shape index (κ3) is 3.32. The molecule has 2 aromatic carbocycles. The quantitative estimate of drug-likeness (QED) is 0.598. The molecule has 1 heterocycles. The van der Waals surface area contributed by atoms with Gasteiger partial charge >= 0.3 is 0 Å². The number of carbonyl (C=O) groups excluding carboxylic acids is 4.